The van der Waals surface area contributed by atoms with Crippen molar-refractivity contribution < 1.29 is 5.11 Å². The first-order valence-corrected chi connectivity index (χ1v) is 7.30. The zero-order chi connectivity index (χ0) is 14.0. The second-order valence-corrected chi connectivity index (χ2v) is 5.94. The van der Waals surface area contributed by atoms with E-state index in [9.17, 15) is 5.11 Å². The highest BCUT2D eigenvalue weighted by molar-refractivity contribution is 7.80. The molecule has 104 valence electrons. The standard InChI is InChI=1S/C14H19ClN2OS/c1-9(18)10-4-6-17(7-5-10)13-3-2-11(14(16)19)8-12(13)15/h2-3,8-10,18H,4-7H2,1H3,(H2,16,19). The number of hydrogen-bond donors (Lipinski definition) is 2. The van der Waals surface area contributed by atoms with Gasteiger partial charge in [0.2, 0.25) is 0 Å². The minimum Gasteiger partial charge on any atom is -0.393 e. The molecule has 0 aliphatic carbocycles. The third kappa shape index (κ3) is 3.38. The van der Waals surface area contributed by atoms with Gasteiger partial charge >= 0.3 is 0 Å². The first-order valence-electron chi connectivity index (χ1n) is 6.51. The molecule has 1 heterocycles. The molecular weight excluding hydrogens is 280 g/mol. The monoisotopic (exact) mass is 298 g/mol. The summed E-state index contributed by atoms with van der Waals surface area (Å²) in [7, 11) is 0. The summed E-state index contributed by atoms with van der Waals surface area (Å²) in [6.07, 6.45) is 1.76. The van der Waals surface area contributed by atoms with Gasteiger partial charge in [0.05, 0.1) is 16.8 Å². The third-order valence-corrected chi connectivity index (χ3v) is 4.33. The molecule has 0 amide bonds. The van der Waals surface area contributed by atoms with Crippen molar-refractivity contribution >= 4 is 34.5 Å². The Bertz CT molecular complexity index is 471. The fraction of sp³-hybridized carbons (Fsp3) is 0.500. The maximum Gasteiger partial charge on any atom is 0.104 e. The molecule has 0 aromatic heterocycles. The van der Waals surface area contributed by atoms with Crippen molar-refractivity contribution in [3.8, 4) is 0 Å². The van der Waals surface area contributed by atoms with E-state index in [1.54, 1.807) is 0 Å². The van der Waals surface area contributed by atoms with Crippen LogP contribution in [0.1, 0.15) is 25.3 Å². The third-order valence-electron chi connectivity index (χ3n) is 3.79. The van der Waals surface area contributed by atoms with Gasteiger partial charge in [0.1, 0.15) is 4.99 Å². The number of rotatable bonds is 3. The van der Waals surface area contributed by atoms with Crippen LogP contribution in [-0.4, -0.2) is 29.3 Å². The van der Waals surface area contributed by atoms with E-state index in [1.807, 2.05) is 25.1 Å². The van der Waals surface area contributed by atoms with E-state index in [1.165, 1.54) is 0 Å². The van der Waals surface area contributed by atoms with Gasteiger partial charge in [-0.05, 0) is 43.9 Å². The van der Waals surface area contributed by atoms with Crippen LogP contribution < -0.4 is 10.6 Å². The molecule has 19 heavy (non-hydrogen) atoms. The number of anilines is 1. The summed E-state index contributed by atoms with van der Waals surface area (Å²) in [6.45, 7) is 3.70. The second-order valence-electron chi connectivity index (χ2n) is 5.10. The van der Waals surface area contributed by atoms with Crippen LogP contribution >= 0.6 is 23.8 Å². The van der Waals surface area contributed by atoms with Crippen LogP contribution in [0.15, 0.2) is 18.2 Å². The zero-order valence-electron chi connectivity index (χ0n) is 11.0. The highest BCUT2D eigenvalue weighted by Gasteiger charge is 2.23. The predicted molar refractivity (Wildman–Crippen MR) is 84.0 cm³/mol. The Morgan fingerprint density at radius 1 is 1.47 bits per heavy atom. The van der Waals surface area contributed by atoms with Gasteiger partial charge in [0, 0.05) is 18.7 Å². The molecule has 1 aromatic carbocycles. The van der Waals surface area contributed by atoms with E-state index < -0.39 is 0 Å². The van der Waals surface area contributed by atoms with Crippen LogP contribution in [0.2, 0.25) is 5.02 Å². The van der Waals surface area contributed by atoms with E-state index in [4.69, 9.17) is 29.6 Å². The summed E-state index contributed by atoms with van der Waals surface area (Å²) in [5.74, 6) is 0.394. The molecular formula is C14H19ClN2OS. The lowest BCUT2D eigenvalue weighted by atomic mass is 9.92. The summed E-state index contributed by atoms with van der Waals surface area (Å²) in [5.41, 5.74) is 7.41. The van der Waals surface area contributed by atoms with Crippen LogP contribution in [0.4, 0.5) is 5.69 Å². The molecule has 0 radical (unpaired) electrons. The summed E-state index contributed by atoms with van der Waals surface area (Å²) in [4.78, 5) is 2.62. The van der Waals surface area contributed by atoms with E-state index in [0.717, 1.165) is 37.2 Å². The van der Waals surface area contributed by atoms with Crippen molar-refractivity contribution in [2.75, 3.05) is 18.0 Å². The molecule has 1 atom stereocenters. The molecule has 1 saturated heterocycles. The minimum atomic E-state index is -0.227. The van der Waals surface area contributed by atoms with Crippen molar-refractivity contribution in [2.24, 2.45) is 11.7 Å². The van der Waals surface area contributed by atoms with E-state index in [0.29, 0.717) is 15.9 Å². The highest BCUT2D eigenvalue weighted by Crippen LogP contribution is 2.31. The normalized spacial score (nSPS) is 18.4. The average molecular weight is 299 g/mol. The maximum absolute atomic E-state index is 9.61. The number of benzene rings is 1. The lowest BCUT2D eigenvalue weighted by molar-refractivity contribution is 0.110. The van der Waals surface area contributed by atoms with Crippen molar-refractivity contribution in [1.29, 1.82) is 0 Å². The minimum absolute atomic E-state index is 0.227. The first-order chi connectivity index (χ1) is 8.99. The topological polar surface area (TPSA) is 49.5 Å². The first kappa shape index (κ1) is 14.6. The van der Waals surface area contributed by atoms with Gasteiger partial charge in [-0.1, -0.05) is 23.8 Å². The smallest absolute Gasteiger partial charge is 0.104 e. The van der Waals surface area contributed by atoms with Gasteiger partial charge in [0.25, 0.3) is 0 Å². The average Bonchev–Trinajstić information content (AvgIpc) is 2.38. The Morgan fingerprint density at radius 2 is 2.11 bits per heavy atom. The van der Waals surface area contributed by atoms with Crippen LogP contribution in [0.25, 0.3) is 0 Å². The molecule has 1 aliphatic heterocycles. The molecule has 0 bridgehead atoms. The highest BCUT2D eigenvalue weighted by atomic mass is 35.5. The molecule has 5 heteroatoms. The molecule has 3 N–H and O–H groups in total. The Hall–Kier alpha value is -0.840. The number of nitrogens with two attached hydrogens (primary N) is 1. The molecule has 1 fully saturated rings. The van der Waals surface area contributed by atoms with Gasteiger partial charge in [0.15, 0.2) is 0 Å². The number of aliphatic hydroxyl groups is 1. The van der Waals surface area contributed by atoms with Gasteiger partial charge < -0.3 is 15.7 Å². The molecule has 1 unspecified atom stereocenters. The quantitative estimate of drug-likeness (QED) is 0.842. The molecule has 2 rings (SSSR count). The Balaban J connectivity index is 2.09. The van der Waals surface area contributed by atoms with Crippen LogP contribution in [0.3, 0.4) is 0 Å². The zero-order valence-corrected chi connectivity index (χ0v) is 12.5. The Kier molecular flexibility index (Phi) is 4.66. The van der Waals surface area contributed by atoms with E-state index in [2.05, 4.69) is 4.90 Å². The molecule has 1 aliphatic rings. The number of hydrogen-bond acceptors (Lipinski definition) is 3. The summed E-state index contributed by atoms with van der Waals surface area (Å²) in [6, 6.07) is 5.70. The predicted octanol–water partition coefficient (Wildman–Crippen LogP) is 2.57. The van der Waals surface area contributed by atoms with Gasteiger partial charge in [-0.3, -0.25) is 0 Å². The Labute approximate surface area is 124 Å². The van der Waals surface area contributed by atoms with Crippen molar-refractivity contribution in [2.45, 2.75) is 25.9 Å². The largest absolute Gasteiger partial charge is 0.393 e. The number of thiocarbonyl (C=S) groups is 1. The second kappa shape index (κ2) is 6.07. The summed E-state index contributed by atoms with van der Waals surface area (Å²) in [5, 5.41) is 10.3. The van der Waals surface area contributed by atoms with Crippen molar-refractivity contribution in [3.05, 3.63) is 28.8 Å². The van der Waals surface area contributed by atoms with Crippen molar-refractivity contribution in [3.63, 3.8) is 0 Å². The van der Waals surface area contributed by atoms with Crippen LogP contribution in [0.5, 0.6) is 0 Å². The lowest BCUT2D eigenvalue weighted by Crippen LogP contribution is -2.37. The SMILES string of the molecule is CC(O)C1CCN(c2ccc(C(N)=S)cc2Cl)CC1. The molecule has 0 spiro atoms. The van der Waals surface area contributed by atoms with Crippen LogP contribution in [0, 0.1) is 5.92 Å². The molecule has 0 saturated carbocycles. The van der Waals surface area contributed by atoms with Gasteiger partial charge in [-0.25, -0.2) is 0 Å². The summed E-state index contributed by atoms with van der Waals surface area (Å²) < 4.78 is 0. The maximum atomic E-state index is 9.61. The van der Waals surface area contributed by atoms with E-state index in [-0.39, 0.29) is 6.10 Å². The fourth-order valence-corrected chi connectivity index (χ4v) is 2.97. The summed E-state index contributed by atoms with van der Waals surface area (Å²) >= 11 is 11.2. The fourth-order valence-electron chi connectivity index (χ4n) is 2.54. The number of nitrogens with zero attached hydrogens (tertiary/aromatic N) is 1. The molecule has 3 nitrogen and oxygen atoms in total. The number of piperidine rings is 1. The molecule has 1 aromatic rings. The lowest BCUT2D eigenvalue weighted by Gasteiger charge is -2.35. The van der Waals surface area contributed by atoms with Crippen molar-refractivity contribution in [1.82, 2.24) is 0 Å². The number of aliphatic hydroxyl groups excluding tert-OH is 1. The van der Waals surface area contributed by atoms with Crippen LogP contribution in [-0.2, 0) is 0 Å². The van der Waals surface area contributed by atoms with Gasteiger partial charge in [-0.15, -0.1) is 0 Å². The number of halogens is 1. The Morgan fingerprint density at radius 3 is 2.58 bits per heavy atom. The van der Waals surface area contributed by atoms with Gasteiger partial charge in [-0.2, -0.15) is 0 Å². The van der Waals surface area contributed by atoms with E-state index >= 15 is 0 Å².